The predicted molar refractivity (Wildman–Crippen MR) is 59.3 cm³/mol. The van der Waals surface area contributed by atoms with Crippen molar-refractivity contribution in [2.45, 2.75) is 37.8 Å². The lowest BCUT2D eigenvalue weighted by atomic mass is 9.93. The number of nitrogens with zero attached hydrogens (tertiary/aromatic N) is 1. The Morgan fingerprint density at radius 3 is 2.75 bits per heavy atom. The predicted octanol–water partition coefficient (Wildman–Crippen LogP) is 1.75. The van der Waals surface area contributed by atoms with E-state index in [0.717, 1.165) is 25.7 Å². The van der Waals surface area contributed by atoms with Crippen LogP contribution in [0.15, 0.2) is 18.3 Å². The number of methoxy groups -OCH3 is 1. The summed E-state index contributed by atoms with van der Waals surface area (Å²) in [6.45, 7) is 0. The van der Waals surface area contributed by atoms with E-state index < -0.39 is 0 Å². The van der Waals surface area contributed by atoms with E-state index in [0.29, 0.717) is 11.7 Å². The Hall–Kier alpha value is -1.29. The molecule has 0 radical (unpaired) electrons. The third kappa shape index (κ3) is 2.11. The second-order valence-electron chi connectivity index (χ2n) is 4.25. The SMILES string of the molecule is COC(=O)c1cccn1C1CCC(O)CC1. The summed E-state index contributed by atoms with van der Waals surface area (Å²) in [5.74, 6) is -0.295. The third-order valence-electron chi connectivity index (χ3n) is 3.23. The topological polar surface area (TPSA) is 51.5 Å². The van der Waals surface area contributed by atoms with Crippen molar-refractivity contribution in [3.05, 3.63) is 24.0 Å². The number of aliphatic hydroxyl groups excluding tert-OH is 1. The van der Waals surface area contributed by atoms with E-state index in [-0.39, 0.29) is 12.1 Å². The first-order valence-corrected chi connectivity index (χ1v) is 5.65. The molecule has 1 heterocycles. The van der Waals surface area contributed by atoms with E-state index in [1.54, 1.807) is 6.07 Å². The van der Waals surface area contributed by atoms with Crippen molar-refractivity contribution in [3.8, 4) is 0 Å². The molecule has 1 aromatic heterocycles. The zero-order valence-electron chi connectivity index (χ0n) is 9.43. The van der Waals surface area contributed by atoms with Crippen LogP contribution in [-0.4, -0.2) is 28.9 Å². The van der Waals surface area contributed by atoms with Crippen LogP contribution in [0.4, 0.5) is 0 Å². The average molecular weight is 223 g/mol. The third-order valence-corrected chi connectivity index (χ3v) is 3.23. The fourth-order valence-corrected chi connectivity index (χ4v) is 2.33. The first-order chi connectivity index (χ1) is 7.72. The van der Waals surface area contributed by atoms with Crippen LogP contribution in [0.5, 0.6) is 0 Å². The molecule has 1 aliphatic rings. The summed E-state index contributed by atoms with van der Waals surface area (Å²) in [4.78, 5) is 11.5. The first-order valence-electron chi connectivity index (χ1n) is 5.65. The monoisotopic (exact) mass is 223 g/mol. The molecular weight excluding hydrogens is 206 g/mol. The maximum Gasteiger partial charge on any atom is 0.354 e. The quantitative estimate of drug-likeness (QED) is 0.777. The molecule has 0 aliphatic heterocycles. The van der Waals surface area contributed by atoms with Crippen LogP contribution < -0.4 is 0 Å². The van der Waals surface area contributed by atoms with E-state index in [9.17, 15) is 9.90 Å². The number of hydrogen-bond acceptors (Lipinski definition) is 3. The summed E-state index contributed by atoms with van der Waals surface area (Å²) in [6, 6.07) is 3.95. The number of rotatable bonds is 2. The van der Waals surface area contributed by atoms with Crippen molar-refractivity contribution < 1.29 is 14.6 Å². The van der Waals surface area contributed by atoms with Gasteiger partial charge in [-0.2, -0.15) is 0 Å². The maximum absolute atomic E-state index is 11.5. The summed E-state index contributed by atoms with van der Waals surface area (Å²) in [7, 11) is 1.39. The van der Waals surface area contributed by atoms with Crippen LogP contribution in [0.25, 0.3) is 0 Å². The second-order valence-corrected chi connectivity index (χ2v) is 4.25. The smallest absolute Gasteiger partial charge is 0.354 e. The second kappa shape index (κ2) is 4.70. The van der Waals surface area contributed by atoms with Gasteiger partial charge in [0.05, 0.1) is 13.2 Å². The first kappa shape index (κ1) is 11.2. The van der Waals surface area contributed by atoms with Gasteiger partial charge in [0.25, 0.3) is 0 Å². The highest BCUT2D eigenvalue weighted by molar-refractivity contribution is 5.87. The minimum atomic E-state index is -0.295. The molecule has 1 fully saturated rings. The molecule has 1 saturated carbocycles. The van der Waals surface area contributed by atoms with Gasteiger partial charge in [0.15, 0.2) is 0 Å². The number of carbonyl (C=O) groups is 1. The van der Waals surface area contributed by atoms with Crippen LogP contribution in [0, 0.1) is 0 Å². The molecule has 88 valence electrons. The zero-order valence-corrected chi connectivity index (χ0v) is 9.43. The minimum Gasteiger partial charge on any atom is -0.464 e. The summed E-state index contributed by atoms with van der Waals surface area (Å²) >= 11 is 0. The van der Waals surface area contributed by atoms with Crippen molar-refractivity contribution >= 4 is 5.97 Å². The Labute approximate surface area is 94.8 Å². The Bertz CT molecular complexity index is 364. The molecule has 1 aromatic rings. The normalized spacial score (nSPS) is 25.4. The Kier molecular flexibility index (Phi) is 3.29. The van der Waals surface area contributed by atoms with Crippen molar-refractivity contribution in [1.29, 1.82) is 0 Å². The molecule has 2 rings (SSSR count). The van der Waals surface area contributed by atoms with E-state index in [1.807, 2.05) is 16.8 Å². The zero-order chi connectivity index (χ0) is 11.5. The summed E-state index contributed by atoms with van der Waals surface area (Å²) < 4.78 is 6.71. The number of ether oxygens (including phenoxy) is 1. The molecule has 1 N–H and O–H groups in total. The molecule has 0 amide bonds. The van der Waals surface area contributed by atoms with Gasteiger partial charge in [-0.05, 0) is 37.8 Å². The molecule has 1 aliphatic carbocycles. The molecule has 0 atom stereocenters. The van der Waals surface area contributed by atoms with E-state index in [1.165, 1.54) is 7.11 Å². The largest absolute Gasteiger partial charge is 0.464 e. The standard InChI is InChI=1S/C12H17NO3/c1-16-12(15)11-3-2-8-13(11)9-4-6-10(14)7-5-9/h2-3,8-10,14H,4-7H2,1H3. The molecule has 16 heavy (non-hydrogen) atoms. The minimum absolute atomic E-state index is 0.173. The van der Waals surface area contributed by atoms with Gasteiger partial charge in [-0.25, -0.2) is 4.79 Å². The van der Waals surface area contributed by atoms with Gasteiger partial charge in [0.1, 0.15) is 5.69 Å². The number of carbonyl (C=O) groups excluding carboxylic acids is 1. The van der Waals surface area contributed by atoms with Gasteiger partial charge < -0.3 is 14.4 Å². The van der Waals surface area contributed by atoms with Crippen LogP contribution >= 0.6 is 0 Å². The van der Waals surface area contributed by atoms with Crippen LogP contribution in [-0.2, 0) is 4.74 Å². The lowest BCUT2D eigenvalue weighted by molar-refractivity contribution is 0.0579. The summed E-state index contributed by atoms with van der Waals surface area (Å²) in [5, 5.41) is 9.45. The molecule has 0 bridgehead atoms. The molecule has 0 spiro atoms. The van der Waals surface area contributed by atoms with Gasteiger partial charge in [0, 0.05) is 12.2 Å². The average Bonchev–Trinajstić information content (AvgIpc) is 2.78. The molecule has 0 unspecified atom stereocenters. The molecule has 4 heteroatoms. The van der Waals surface area contributed by atoms with Gasteiger partial charge in [-0.15, -0.1) is 0 Å². The van der Waals surface area contributed by atoms with Crippen molar-refractivity contribution in [1.82, 2.24) is 4.57 Å². The van der Waals surface area contributed by atoms with Crippen molar-refractivity contribution in [3.63, 3.8) is 0 Å². The van der Waals surface area contributed by atoms with Crippen LogP contribution in [0.3, 0.4) is 0 Å². The lowest BCUT2D eigenvalue weighted by Crippen LogP contribution is -2.23. The van der Waals surface area contributed by atoms with Gasteiger partial charge in [-0.1, -0.05) is 0 Å². The summed E-state index contributed by atoms with van der Waals surface area (Å²) in [6.07, 6.45) is 5.19. The molecule has 0 aromatic carbocycles. The fraction of sp³-hybridized carbons (Fsp3) is 0.583. The van der Waals surface area contributed by atoms with Crippen LogP contribution in [0.2, 0.25) is 0 Å². The lowest BCUT2D eigenvalue weighted by Gasteiger charge is -2.27. The fourth-order valence-electron chi connectivity index (χ4n) is 2.33. The van der Waals surface area contributed by atoms with E-state index >= 15 is 0 Å². The van der Waals surface area contributed by atoms with Gasteiger partial charge in [-0.3, -0.25) is 0 Å². The molecule has 0 saturated heterocycles. The van der Waals surface area contributed by atoms with E-state index in [4.69, 9.17) is 4.74 Å². The Morgan fingerprint density at radius 2 is 2.12 bits per heavy atom. The number of hydrogen-bond donors (Lipinski definition) is 1. The number of aliphatic hydroxyl groups is 1. The van der Waals surface area contributed by atoms with Crippen molar-refractivity contribution in [2.24, 2.45) is 0 Å². The Morgan fingerprint density at radius 1 is 1.44 bits per heavy atom. The highest BCUT2D eigenvalue weighted by atomic mass is 16.5. The maximum atomic E-state index is 11.5. The molecule has 4 nitrogen and oxygen atoms in total. The van der Waals surface area contributed by atoms with Crippen LogP contribution in [0.1, 0.15) is 42.2 Å². The van der Waals surface area contributed by atoms with Gasteiger partial charge >= 0.3 is 5.97 Å². The molecular formula is C12H17NO3. The van der Waals surface area contributed by atoms with Crippen molar-refractivity contribution in [2.75, 3.05) is 7.11 Å². The van der Waals surface area contributed by atoms with E-state index in [2.05, 4.69) is 0 Å². The number of aromatic nitrogens is 1. The Balaban J connectivity index is 2.14. The highest BCUT2D eigenvalue weighted by Crippen LogP contribution is 2.29. The van der Waals surface area contributed by atoms with Gasteiger partial charge in [0.2, 0.25) is 0 Å². The summed E-state index contributed by atoms with van der Waals surface area (Å²) in [5.41, 5.74) is 0.601. The highest BCUT2D eigenvalue weighted by Gasteiger charge is 2.23. The number of esters is 1.